The van der Waals surface area contributed by atoms with Gasteiger partial charge >= 0.3 is 0 Å². The number of nitrogens with zero attached hydrogens (tertiary/aromatic N) is 1. The molecule has 0 unspecified atom stereocenters. The normalized spacial score (nSPS) is 10.8. The number of oxazole rings is 1. The van der Waals surface area contributed by atoms with Crippen molar-refractivity contribution in [2.24, 2.45) is 0 Å². The standard InChI is InChI=1S/C23H17Cl2N3O3S/c1-2-12-3-8-20-18(9-12)27-22(31-20)15-6-5-14(11-19(15)29)26-23(32)28-21(30)13-4-7-16(24)17(25)10-13/h3-11,29H,2H2,1H3,(H2,26,28,30,32). The highest BCUT2D eigenvalue weighted by molar-refractivity contribution is 7.80. The molecule has 0 radical (unpaired) electrons. The Morgan fingerprint density at radius 2 is 1.91 bits per heavy atom. The van der Waals surface area contributed by atoms with Gasteiger partial charge in [-0.15, -0.1) is 0 Å². The number of phenols is 1. The first-order chi connectivity index (χ1) is 15.3. The van der Waals surface area contributed by atoms with Crippen molar-refractivity contribution in [1.29, 1.82) is 0 Å². The number of phenolic OH excluding ortho intramolecular Hbond substituents is 1. The average molecular weight is 486 g/mol. The van der Waals surface area contributed by atoms with Crippen LogP contribution in [-0.4, -0.2) is 21.1 Å². The summed E-state index contributed by atoms with van der Waals surface area (Å²) in [6.45, 7) is 2.07. The first-order valence-corrected chi connectivity index (χ1v) is 10.8. The number of benzene rings is 3. The minimum atomic E-state index is -0.445. The summed E-state index contributed by atoms with van der Waals surface area (Å²) in [7, 11) is 0. The maximum atomic E-state index is 12.3. The van der Waals surface area contributed by atoms with Crippen LogP contribution in [0, 0.1) is 0 Å². The van der Waals surface area contributed by atoms with Gasteiger partial charge in [0.1, 0.15) is 11.3 Å². The maximum Gasteiger partial charge on any atom is 0.257 e. The van der Waals surface area contributed by atoms with E-state index in [9.17, 15) is 9.90 Å². The fraction of sp³-hybridized carbons (Fsp3) is 0.0870. The SMILES string of the molecule is CCc1ccc2oc(-c3ccc(NC(=S)NC(=O)c4ccc(Cl)c(Cl)c4)cc3O)nc2c1. The van der Waals surface area contributed by atoms with Gasteiger partial charge in [0.25, 0.3) is 5.91 Å². The van der Waals surface area contributed by atoms with E-state index < -0.39 is 5.91 Å². The van der Waals surface area contributed by atoms with Crippen LogP contribution < -0.4 is 10.6 Å². The molecule has 0 saturated carbocycles. The molecule has 32 heavy (non-hydrogen) atoms. The first kappa shape index (κ1) is 22.1. The van der Waals surface area contributed by atoms with Crippen LogP contribution in [0.25, 0.3) is 22.6 Å². The predicted molar refractivity (Wildman–Crippen MR) is 131 cm³/mol. The number of thiocarbonyl (C=S) groups is 1. The molecular formula is C23H17Cl2N3O3S. The lowest BCUT2D eigenvalue weighted by molar-refractivity contribution is 0.0977. The molecule has 1 heterocycles. The van der Waals surface area contributed by atoms with Gasteiger partial charge in [-0.3, -0.25) is 10.1 Å². The lowest BCUT2D eigenvalue weighted by Gasteiger charge is -2.11. The third-order valence-corrected chi connectivity index (χ3v) is 5.70. The molecule has 162 valence electrons. The van der Waals surface area contributed by atoms with Crippen molar-refractivity contribution >= 4 is 63.2 Å². The second kappa shape index (κ2) is 9.16. The molecule has 0 bridgehead atoms. The monoisotopic (exact) mass is 485 g/mol. The van der Waals surface area contributed by atoms with Crippen molar-refractivity contribution in [2.75, 3.05) is 5.32 Å². The zero-order chi connectivity index (χ0) is 22.8. The summed E-state index contributed by atoms with van der Waals surface area (Å²) in [4.78, 5) is 16.8. The molecule has 0 fully saturated rings. The Labute approximate surface area is 199 Å². The highest BCUT2D eigenvalue weighted by Gasteiger charge is 2.14. The molecule has 0 atom stereocenters. The van der Waals surface area contributed by atoms with Gasteiger partial charge in [0, 0.05) is 17.3 Å². The number of carbonyl (C=O) groups is 1. The summed E-state index contributed by atoms with van der Waals surface area (Å²) in [5, 5.41) is 16.6. The van der Waals surface area contributed by atoms with Crippen LogP contribution in [0.4, 0.5) is 5.69 Å². The number of aryl methyl sites for hydroxylation is 1. The number of anilines is 1. The smallest absolute Gasteiger partial charge is 0.257 e. The number of aromatic nitrogens is 1. The molecule has 4 aromatic rings. The van der Waals surface area contributed by atoms with E-state index in [1.807, 2.05) is 18.2 Å². The van der Waals surface area contributed by atoms with E-state index in [0.717, 1.165) is 17.5 Å². The van der Waals surface area contributed by atoms with Crippen molar-refractivity contribution in [3.05, 3.63) is 75.8 Å². The lowest BCUT2D eigenvalue weighted by Crippen LogP contribution is -2.34. The number of rotatable bonds is 4. The van der Waals surface area contributed by atoms with Gasteiger partial charge in [-0.2, -0.15) is 0 Å². The van der Waals surface area contributed by atoms with Gasteiger partial charge in [-0.1, -0.05) is 36.2 Å². The lowest BCUT2D eigenvalue weighted by atomic mass is 10.1. The number of hydrogen-bond acceptors (Lipinski definition) is 5. The van der Waals surface area contributed by atoms with Crippen LogP contribution in [0.15, 0.2) is 59.0 Å². The summed E-state index contributed by atoms with van der Waals surface area (Å²) >= 11 is 17.0. The minimum Gasteiger partial charge on any atom is -0.507 e. The van der Waals surface area contributed by atoms with Crippen molar-refractivity contribution in [3.63, 3.8) is 0 Å². The molecule has 1 aromatic heterocycles. The summed E-state index contributed by atoms with van der Waals surface area (Å²) in [6, 6.07) is 15.2. The van der Waals surface area contributed by atoms with Crippen LogP contribution in [-0.2, 0) is 6.42 Å². The van der Waals surface area contributed by atoms with Gasteiger partial charge in [-0.05, 0) is 66.7 Å². The Morgan fingerprint density at radius 1 is 1.09 bits per heavy atom. The number of carbonyl (C=O) groups excluding carboxylic acids is 1. The largest absolute Gasteiger partial charge is 0.507 e. The number of halogens is 2. The molecule has 0 spiro atoms. The van der Waals surface area contributed by atoms with E-state index in [4.69, 9.17) is 39.8 Å². The van der Waals surface area contributed by atoms with Gasteiger partial charge in [0.15, 0.2) is 10.7 Å². The highest BCUT2D eigenvalue weighted by Crippen LogP contribution is 2.33. The summed E-state index contributed by atoms with van der Waals surface area (Å²) in [5.74, 6) is -0.177. The summed E-state index contributed by atoms with van der Waals surface area (Å²) < 4.78 is 5.78. The van der Waals surface area contributed by atoms with Crippen molar-refractivity contribution in [2.45, 2.75) is 13.3 Å². The molecule has 0 aliphatic rings. The van der Waals surface area contributed by atoms with E-state index in [1.54, 1.807) is 12.1 Å². The average Bonchev–Trinajstić information content (AvgIpc) is 3.18. The second-order valence-electron chi connectivity index (χ2n) is 6.94. The third-order valence-electron chi connectivity index (χ3n) is 4.76. The highest BCUT2D eigenvalue weighted by atomic mass is 35.5. The molecule has 3 aromatic carbocycles. The van der Waals surface area contributed by atoms with E-state index in [0.29, 0.717) is 33.3 Å². The molecule has 0 aliphatic carbocycles. The molecule has 0 aliphatic heterocycles. The molecule has 1 amide bonds. The van der Waals surface area contributed by atoms with Crippen molar-refractivity contribution in [3.8, 4) is 17.2 Å². The van der Waals surface area contributed by atoms with Crippen LogP contribution in [0.5, 0.6) is 5.75 Å². The maximum absolute atomic E-state index is 12.3. The minimum absolute atomic E-state index is 0.0455. The van der Waals surface area contributed by atoms with E-state index >= 15 is 0 Å². The Kier molecular flexibility index (Phi) is 6.32. The Morgan fingerprint density at radius 3 is 2.62 bits per heavy atom. The molecular weight excluding hydrogens is 469 g/mol. The van der Waals surface area contributed by atoms with E-state index in [1.165, 1.54) is 24.3 Å². The molecule has 0 saturated heterocycles. The zero-order valence-electron chi connectivity index (χ0n) is 16.8. The van der Waals surface area contributed by atoms with Crippen LogP contribution in [0.2, 0.25) is 10.0 Å². The van der Waals surface area contributed by atoms with Crippen molar-refractivity contribution in [1.82, 2.24) is 10.3 Å². The number of aromatic hydroxyl groups is 1. The van der Waals surface area contributed by atoms with Gasteiger partial charge in [0.2, 0.25) is 5.89 Å². The number of hydrogen-bond donors (Lipinski definition) is 3. The molecule has 3 N–H and O–H groups in total. The number of amides is 1. The quantitative estimate of drug-likeness (QED) is 0.298. The molecule has 6 nitrogen and oxygen atoms in total. The number of nitrogens with one attached hydrogen (secondary N) is 2. The van der Waals surface area contributed by atoms with E-state index in [-0.39, 0.29) is 15.9 Å². The third kappa shape index (κ3) is 4.70. The van der Waals surface area contributed by atoms with Crippen LogP contribution in [0.3, 0.4) is 0 Å². The number of fused-ring (bicyclic) bond motifs is 1. The van der Waals surface area contributed by atoms with Gasteiger partial charge in [-0.25, -0.2) is 4.98 Å². The van der Waals surface area contributed by atoms with Crippen molar-refractivity contribution < 1.29 is 14.3 Å². The Bertz CT molecular complexity index is 1350. The first-order valence-electron chi connectivity index (χ1n) is 9.64. The predicted octanol–water partition coefficient (Wildman–Crippen LogP) is 6.20. The van der Waals surface area contributed by atoms with Crippen LogP contribution in [0.1, 0.15) is 22.8 Å². The Hall–Kier alpha value is -3.13. The summed E-state index contributed by atoms with van der Waals surface area (Å²) in [6.07, 6.45) is 0.894. The fourth-order valence-corrected chi connectivity index (χ4v) is 3.58. The van der Waals surface area contributed by atoms with Gasteiger partial charge < -0.3 is 14.8 Å². The summed E-state index contributed by atoms with van der Waals surface area (Å²) in [5.41, 5.74) is 3.75. The van der Waals surface area contributed by atoms with Gasteiger partial charge in [0.05, 0.1) is 15.6 Å². The fourth-order valence-electron chi connectivity index (χ4n) is 3.07. The van der Waals surface area contributed by atoms with Crippen LogP contribution >= 0.6 is 35.4 Å². The molecule has 9 heteroatoms. The Balaban J connectivity index is 1.47. The molecule has 4 rings (SSSR count). The zero-order valence-corrected chi connectivity index (χ0v) is 19.1. The second-order valence-corrected chi connectivity index (χ2v) is 8.17. The topological polar surface area (TPSA) is 87.4 Å². The van der Waals surface area contributed by atoms with E-state index in [2.05, 4.69) is 22.5 Å².